The van der Waals surface area contributed by atoms with E-state index in [2.05, 4.69) is 22.1 Å². The molecule has 2 amide bonds. The maximum absolute atomic E-state index is 12.3. The molecule has 1 aromatic heterocycles. The van der Waals surface area contributed by atoms with Crippen LogP contribution in [0, 0.1) is 0 Å². The summed E-state index contributed by atoms with van der Waals surface area (Å²) < 4.78 is 10.9. The van der Waals surface area contributed by atoms with Crippen LogP contribution in [0.3, 0.4) is 0 Å². The molecule has 2 saturated heterocycles. The topological polar surface area (TPSA) is 70.8 Å². The van der Waals surface area contributed by atoms with Crippen molar-refractivity contribution in [1.29, 1.82) is 0 Å². The third-order valence-corrected chi connectivity index (χ3v) is 5.50. The number of amides is 2. The Morgan fingerprint density at radius 2 is 2.23 bits per heavy atom. The number of nitrogens with one attached hydrogen (secondary N) is 1. The summed E-state index contributed by atoms with van der Waals surface area (Å²) in [7, 11) is 1.62. The zero-order valence-corrected chi connectivity index (χ0v) is 15.4. The smallest absolute Gasteiger partial charge is 0.317 e. The Balaban J connectivity index is 1.28. The van der Waals surface area contributed by atoms with Crippen LogP contribution in [-0.4, -0.2) is 59.6 Å². The molecule has 1 atom stereocenters. The van der Waals surface area contributed by atoms with Gasteiger partial charge >= 0.3 is 6.03 Å². The van der Waals surface area contributed by atoms with Crippen molar-refractivity contribution in [3.05, 3.63) is 24.1 Å². The van der Waals surface area contributed by atoms with Crippen LogP contribution in [0.2, 0.25) is 0 Å². The average molecular weight is 358 g/mol. The van der Waals surface area contributed by atoms with E-state index in [1.165, 1.54) is 19.3 Å². The van der Waals surface area contributed by atoms with Gasteiger partial charge in [-0.2, -0.15) is 0 Å². The highest BCUT2D eigenvalue weighted by molar-refractivity contribution is 5.76. The summed E-state index contributed by atoms with van der Waals surface area (Å²) in [4.78, 5) is 21.2. The molecule has 0 aliphatic carbocycles. The molecule has 2 aliphatic heterocycles. The number of methoxy groups -OCH3 is 1. The van der Waals surface area contributed by atoms with E-state index in [9.17, 15) is 4.79 Å². The van der Waals surface area contributed by atoms with Crippen LogP contribution in [0.25, 0.3) is 11.1 Å². The number of hydrogen-bond donors (Lipinski definition) is 1. The Hall–Kier alpha value is -2.28. The third kappa shape index (κ3) is 3.35. The molecule has 1 N–H and O–H groups in total. The van der Waals surface area contributed by atoms with Gasteiger partial charge in [-0.15, -0.1) is 0 Å². The molecular weight excluding hydrogens is 332 g/mol. The maximum Gasteiger partial charge on any atom is 0.317 e. The molecule has 140 valence electrons. The second-order valence-electron chi connectivity index (χ2n) is 7.24. The van der Waals surface area contributed by atoms with Crippen LogP contribution >= 0.6 is 0 Å². The van der Waals surface area contributed by atoms with Crippen LogP contribution in [0.5, 0.6) is 5.75 Å². The first-order valence-electron chi connectivity index (χ1n) is 9.36. The number of oxazole rings is 1. The number of piperidine rings is 1. The van der Waals surface area contributed by atoms with E-state index >= 15 is 0 Å². The Morgan fingerprint density at radius 3 is 3.00 bits per heavy atom. The quantitative estimate of drug-likeness (QED) is 0.910. The Bertz CT molecular complexity index is 784. The van der Waals surface area contributed by atoms with Gasteiger partial charge in [0.05, 0.1) is 13.7 Å². The number of aromatic nitrogens is 1. The number of fused-ring (bicyclic) bond motifs is 1. The van der Waals surface area contributed by atoms with Gasteiger partial charge in [-0.3, -0.25) is 4.90 Å². The first kappa shape index (κ1) is 17.1. The van der Waals surface area contributed by atoms with E-state index in [1.54, 1.807) is 7.11 Å². The second kappa shape index (κ2) is 7.15. The predicted molar refractivity (Wildman–Crippen MR) is 98.2 cm³/mol. The van der Waals surface area contributed by atoms with Crippen molar-refractivity contribution in [1.82, 2.24) is 20.1 Å². The van der Waals surface area contributed by atoms with Gasteiger partial charge in [-0.1, -0.05) is 6.42 Å². The molecular formula is C19H26N4O3. The summed E-state index contributed by atoms with van der Waals surface area (Å²) in [6.45, 7) is 5.36. The molecule has 0 saturated carbocycles. The standard InChI is InChI=1S/C19H26N4O3/c1-13-5-3-4-8-23(13)14-11-22(12-14)19(24)20-10-18-21-16-9-15(25-2)6-7-17(16)26-18/h6-7,9,13-14H,3-5,8,10-12H2,1-2H3,(H,20,24). The minimum atomic E-state index is -0.0502. The number of likely N-dealkylation sites (tertiary alicyclic amines) is 2. The van der Waals surface area contributed by atoms with Gasteiger partial charge in [0.1, 0.15) is 11.3 Å². The number of carbonyl (C=O) groups is 1. The van der Waals surface area contributed by atoms with Crippen LogP contribution in [0.15, 0.2) is 22.6 Å². The molecule has 0 spiro atoms. The molecule has 4 rings (SSSR count). The number of carbonyl (C=O) groups excluding carboxylic acids is 1. The minimum absolute atomic E-state index is 0.0502. The van der Waals surface area contributed by atoms with E-state index in [4.69, 9.17) is 9.15 Å². The first-order chi connectivity index (χ1) is 12.6. The number of benzene rings is 1. The van der Waals surface area contributed by atoms with Crippen molar-refractivity contribution < 1.29 is 13.9 Å². The number of hydrogen-bond acceptors (Lipinski definition) is 5. The lowest BCUT2D eigenvalue weighted by Gasteiger charge is -2.49. The molecule has 1 aromatic carbocycles. The van der Waals surface area contributed by atoms with Crippen LogP contribution in [-0.2, 0) is 6.54 Å². The second-order valence-corrected chi connectivity index (χ2v) is 7.24. The van der Waals surface area contributed by atoms with Gasteiger partial charge in [0.25, 0.3) is 0 Å². The predicted octanol–water partition coefficient (Wildman–Crippen LogP) is 2.60. The third-order valence-electron chi connectivity index (χ3n) is 5.50. The van der Waals surface area contributed by atoms with Crippen molar-refractivity contribution in [2.75, 3.05) is 26.7 Å². The Morgan fingerprint density at radius 1 is 1.38 bits per heavy atom. The molecule has 2 aliphatic rings. The fourth-order valence-electron chi connectivity index (χ4n) is 3.91. The molecule has 3 heterocycles. The van der Waals surface area contributed by atoms with Gasteiger partial charge in [-0.05, 0) is 38.4 Å². The molecule has 26 heavy (non-hydrogen) atoms. The highest BCUT2D eigenvalue weighted by atomic mass is 16.5. The van der Waals surface area contributed by atoms with Gasteiger partial charge < -0.3 is 19.4 Å². The lowest BCUT2D eigenvalue weighted by Crippen LogP contribution is -2.64. The zero-order chi connectivity index (χ0) is 18.1. The summed E-state index contributed by atoms with van der Waals surface area (Å²) in [5, 5.41) is 2.91. The fourth-order valence-corrected chi connectivity index (χ4v) is 3.91. The normalized spacial score (nSPS) is 21.6. The summed E-state index contributed by atoms with van der Waals surface area (Å²) in [6.07, 6.45) is 3.87. The van der Waals surface area contributed by atoms with E-state index in [0.29, 0.717) is 23.6 Å². The van der Waals surface area contributed by atoms with E-state index in [1.807, 2.05) is 23.1 Å². The Labute approximate surface area is 153 Å². The summed E-state index contributed by atoms with van der Waals surface area (Å²) >= 11 is 0. The Kier molecular flexibility index (Phi) is 4.72. The minimum Gasteiger partial charge on any atom is -0.497 e. The van der Waals surface area contributed by atoms with Crippen LogP contribution < -0.4 is 10.1 Å². The van der Waals surface area contributed by atoms with Gasteiger partial charge in [0, 0.05) is 31.2 Å². The first-order valence-corrected chi connectivity index (χ1v) is 9.36. The van der Waals surface area contributed by atoms with E-state index in [-0.39, 0.29) is 12.6 Å². The van der Waals surface area contributed by atoms with Crippen molar-refractivity contribution in [2.45, 2.75) is 44.8 Å². The fraction of sp³-hybridized carbons (Fsp3) is 0.579. The van der Waals surface area contributed by atoms with Gasteiger partial charge in [-0.25, -0.2) is 9.78 Å². The van der Waals surface area contributed by atoms with E-state index in [0.717, 1.165) is 30.9 Å². The molecule has 2 aromatic rings. The number of urea groups is 1. The van der Waals surface area contributed by atoms with Crippen molar-refractivity contribution in [2.24, 2.45) is 0 Å². The molecule has 7 heteroatoms. The molecule has 1 unspecified atom stereocenters. The number of ether oxygens (including phenoxy) is 1. The molecule has 0 radical (unpaired) electrons. The average Bonchev–Trinajstić information content (AvgIpc) is 3.02. The monoisotopic (exact) mass is 358 g/mol. The lowest BCUT2D eigenvalue weighted by atomic mass is 9.98. The van der Waals surface area contributed by atoms with E-state index < -0.39 is 0 Å². The number of rotatable bonds is 4. The van der Waals surface area contributed by atoms with Crippen molar-refractivity contribution in [3.8, 4) is 5.75 Å². The summed E-state index contributed by atoms with van der Waals surface area (Å²) in [6, 6.07) is 6.57. The molecule has 0 bridgehead atoms. The highest BCUT2D eigenvalue weighted by Crippen LogP contribution is 2.25. The largest absolute Gasteiger partial charge is 0.497 e. The van der Waals surface area contributed by atoms with Crippen LogP contribution in [0.4, 0.5) is 4.79 Å². The molecule has 7 nitrogen and oxygen atoms in total. The highest BCUT2D eigenvalue weighted by Gasteiger charge is 2.37. The summed E-state index contributed by atoms with van der Waals surface area (Å²) in [5.41, 5.74) is 1.43. The summed E-state index contributed by atoms with van der Waals surface area (Å²) in [5.74, 6) is 1.24. The van der Waals surface area contributed by atoms with Crippen molar-refractivity contribution in [3.63, 3.8) is 0 Å². The maximum atomic E-state index is 12.3. The van der Waals surface area contributed by atoms with Crippen LogP contribution in [0.1, 0.15) is 32.1 Å². The molecule has 2 fully saturated rings. The SMILES string of the molecule is COc1ccc2oc(CNC(=O)N3CC(N4CCCCC4C)C3)nc2c1. The van der Waals surface area contributed by atoms with Gasteiger partial charge in [0.15, 0.2) is 5.58 Å². The lowest BCUT2D eigenvalue weighted by molar-refractivity contribution is 0.0168. The number of nitrogens with zero attached hydrogens (tertiary/aromatic N) is 3. The van der Waals surface area contributed by atoms with Gasteiger partial charge in [0.2, 0.25) is 5.89 Å². The zero-order valence-electron chi connectivity index (χ0n) is 15.4. The van der Waals surface area contributed by atoms with Crippen molar-refractivity contribution >= 4 is 17.1 Å².